The summed E-state index contributed by atoms with van der Waals surface area (Å²) in [5.74, 6) is -1.25. The summed E-state index contributed by atoms with van der Waals surface area (Å²) >= 11 is 0. The van der Waals surface area contributed by atoms with E-state index in [-0.39, 0.29) is 33.3 Å². The minimum Gasteiger partial charge on any atom is -0.506 e. The fourth-order valence-electron chi connectivity index (χ4n) is 3.43. The van der Waals surface area contributed by atoms with Crippen LogP contribution in [0, 0.1) is 6.92 Å². The number of carbonyl (C=O) groups excluding carboxylic acids is 2. The maximum atomic E-state index is 12.9. The Morgan fingerprint density at radius 3 is 2.44 bits per heavy atom. The molecule has 0 radical (unpaired) electrons. The Morgan fingerprint density at radius 2 is 1.79 bits per heavy atom. The number of para-hydroxylation sites is 2. The van der Waals surface area contributed by atoms with Crippen LogP contribution < -0.4 is 14.8 Å². The summed E-state index contributed by atoms with van der Waals surface area (Å²) in [6.45, 7) is 3.41. The second kappa shape index (κ2) is 9.87. The zero-order valence-corrected chi connectivity index (χ0v) is 19.9. The van der Waals surface area contributed by atoms with Gasteiger partial charge in [-0.3, -0.25) is 9.52 Å². The van der Waals surface area contributed by atoms with Crippen molar-refractivity contribution in [1.82, 2.24) is 4.98 Å². The van der Waals surface area contributed by atoms with Gasteiger partial charge in [0.15, 0.2) is 0 Å². The number of esters is 1. The Hall–Kier alpha value is -3.99. The van der Waals surface area contributed by atoms with Crippen LogP contribution in [-0.4, -0.2) is 44.6 Å². The highest BCUT2D eigenvalue weighted by Gasteiger charge is 2.25. The summed E-state index contributed by atoms with van der Waals surface area (Å²) in [5.41, 5.74) is 1.36. The Kier molecular flexibility index (Phi) is 7.16. The largest absolute Gasteiger partial charge is 0.506 e. The highest BCUT2D eigenvalue weighted by atomic mass is 32.2. The predicted molar refractivity (Wildman–Crippen MR) is 126 cm³/mol. The molecule has 1 amide bonds. The molecule has 34 heavy (non-hydrogen) atoms. The molecule has 0 aliphatic heterocycles. The quantitative estimate of drug-likeness (QED) is 0.281. The molecular weight excluding hydrogens is 462 g/mol. The van der Waals surface area contributed by atoms with Gasteiger partial charge in [-0.2, -0.15) is 0 Å². The van der Waals surface area contributed by atoms with Crippen molar-refractivity contribution in [2.75, 3.05) is 24.3 Å². The fraction of sp³-hybridized carbons (Fsp3) is 0.217. The van der Waals surface area contributed by atoms with Crippen LogP contribution in [0.3, 0.4) is 0 Å². The molecule has 0 atom stereocenters. The van der Waals surface area contributed by atoms with Crippen LogP contribution in [-0.2, 0) is 21.2 Å². The molecule has 11 heteroatoms. The molecule has 0 aliphatic rings. The van der Waals surface area contributed by atoms with Crippen LogP contribution in [0.4, 0.5) is 11.4 Å². The SMILES string of the molecule is CCc1[nH]c(C(=O)Nc2cc(S(=O)(=O)Nc3ccccc3OC)ccc2O)c(C)c1C(=O)OC. The number of amides is 1. The number of phenolic OH excluding ortho intramolecular Hbond substituents is 1. The number of aromatic hydroxyl groups is 1. The number of anilines is 2. The van der Waals surface area contributed by atoms with Gasteiger partial charge in [-0.05, 0) is 49.2 Å². The zero-order chi connectivity index (χ0) is 25.0. The molecular formula is C23H25N3O7S. The topological polar surface area (TPSA) is 147 Å². The summed E-state index contributed by atoms with van der Waals surface area (Å²) in [5, 5.41) is 12.7. The predicted octanol–water partition coefficient (Wildman–Crippen LogP) is 3.44. The van der Waals surface area contributed by atoms with E-state index >= 15 is 0 Å². The molecule has 1 aromatic heterocycles. The molecule has 0 fully saturated rings. The van der Waals surface area contributed by atoms with Gasteiger partial charge in [0.25, 0.3) is 15.9 Å². The first-order chi connectivity index (χ1) is 16.1. The Labute approximate surface area is 197 Å². The van der Waals surface area contributed by atoms with E-state index in [9.17, 15) is 23.1 Å². The number of hydrogen-bond acceptors (Lipinski definition) is 7. The average Bonchev–Trinajstić information content (AvgIpc) is 3.16. The molecule has 0 saturated heterocycles. The second-order valence-corrected chi connectivity index (χ2v) is 8.94. The van der Waals surface area contributed by atoms with Crippen LogP contribution in [0.15, 0.2) is 47.4 Å². The van der Waals surface area contributed by atoms with E-state index in [4.69, 9.17) is 9.47 Å². The van der Waals surface area contributed by atoms with Gasteiger partial charge in [-0.15, -0.1) is 0 Å². The van der Waals surface area contributed by atoms with Crippen molar-refractivity contribution < 1.29 is 32.6 Å². The number of hydrogen-bond donors (Lipinski definition) is 4. The monoisotopic (exact) mass is 487 g/mol. The molecule has 10 nitrogen and oxygen atoms in total. The van der Waals surface area contributed by atoms with E-state index in [0.29, 0.717) is 23.4 Å². The first-order valence-corrected chi connectivity index (χ1v) is 11.7. The fourth-order valence-corrected chi connectivity index (χ4v) is 4.53. The lowest BCUT2D eigenvalue weighted by Crippen LogP contribution is -2.16. The number of aryl methyl sites for hydroxylation is 1. The molecule has 1 heterocycles. The van der Waals surface area contributed by atoms with Gasteiger partial charge in [0, 0.05) is 5.69 Å². The van der Waals surface area contributed by atoms with Crippen LogP contribution in [0.25, 0.3) is 0 Å². The van der Waals surface area contributed by atoms with Gasteiger partial charge in [0.05, 0.1) is 36.1 Å². The Balaban J connectivity index is 1.92. The zero-order valence-electron chi connectivity index (χ0n) is 19.1. The third-order valence-electron chi connectivity index (χ3n) is 5.18. The highest BCUT2D eigenvalue weighted by Crippen LogP contribution is 2.31. The number of ether oxygens (including phenoxy) is 2. The molecule has 0 bridgehead atoms. The van der Waals surface area contributed by atoms with Gasteiger partial charge in [-0.25, -0.2) is 13.2 Å². The third-order valence-corrected chi connectivity index (χ3v) is 6.54. The molecule has 0 unspecified atom stereocenters. The number of rotatable bonds is 8. The van der Waals surface area contributed by atoms with Crippen molar-refractivity contribution in [2.45, 2.75) is 25.2 Å². The molecule has 4 N–H and O–H groups in total. The molecule has 3 aromatic rings. The standard InChI is InChI=1S/C23H25N3O7S/c1-5-15-20(23(29)33-4)13(2)21(24-15)22(28)25-17-12-14(10-11-18(17)27)34(30,31)26-16-8-6-7-9-19(16)32-3/h6-12,24,26-27H,5H2,1-4H3,(H,25,28). The summed E-state index contributed by atoms with van der Waals surface area (Å²) in [7, 11) is -1.41. The second-order valence-electron chi connectivity index (χ2n) is 7.26. The molecule has 0 aliphatic carbocycles. The normalized spacial score (nSPS) is 11.1. The van der Waals surface area contributed by atoms with Crippen molar-refractivity contribution in [3.05, 3.63) is 65.0 Å². The van der Waals surface area contributed by atoms with Crippen molar-refractivity contribution in [1.29, 1.82) is 0 Å². The number of methoxy groups -OCH3 is 2. The van der Waals surface area contributed by atoms with Gasteiger partial charge < -0.3 is 24.9 Å². The first kappa shape index (κ1) is 24.6. The summed E-state index contributed by atoms with van der Waals surface area (Å²) in [6, 6.07) is 9.98. The van der Waals surface area contributed by atoms with Crippen LogP contribution in [0.5, 0.6) is 11.5 Å². The lowest BCUT2D eigenvalue weighted by molar-refractivity contribution is 0.0599. The third kappa shape index (κ3) is 4.84. The summed E-state index contributed by atoms with van der Waals surface area (Å²) in [4.78, 5) is 27.8. The van der Waals surface area contributed by atoms with Crippen LogP contribution in [0.2, 0.25) is 0 Å². The van der Waals surface area contributed by atoms with E-state index < -0.39 is 21.9 Å². The van der Waals surface area contributed by atoms with Crippen molar-refractivity contribution in [3.8, 4) is 11.5 Å². The number of sulfonamides is 1. The number of phenols is 1. The van der Waals surface area contributed by atoms with Gasteiger partial charge in [0.2, 0.25) is 0 Å². The smallest absolute Gasteiger partial charge is 0.339 e. The lowest BCUT2D eigenvalue weighted by atomic mass is 10.1. The van der Waals surface area contributed by atoms with E-state index in [1.807, 2.05) is 6.92 Å². The number of benzene rings is 2. The molecule has 3 rings (SSSR count). The number of aromatic nitrogens is 1. The maximum absolute atomic E-state index is 12.9. The van der Waals surface area contributed by atoms with Crippen molar-refractivity contribution in [3.63, 3.8) is 0 Å². The van der Waals surface area contributed by atoms with E-state index in [1.54, 1.807) is 25.1 Å². The highest BCUT2D eigenvalue weighted by molar-refractivity contribution is 7.92. The maximum Gasteiger partial charge on any atom is 0.339 e. The van der Waals surface area contributed by atoms with Gasteiger partial charge in [0.1, 0.15) is 17.2 Å². The Bertz CT molecular complexity index is 1350. The minimum absolute atomic E-state index is 0.0945. The number of aromatic amines is 1. The average molecular weight is 488 g/mol. The number of nitrogens with one attached hydrogen (secondary N) is 3. The van der Waals surface area contributed by atoms with Crippen molar-refractivity contribution >= 4 is 33.3 Å². The number of carbonyl (C=O) groups is 2. The van der Waals surface area contributed by atoms with E-state index in [0.717, 1.165) is 12.1 Å². The minimum atomic E-state index is -4.08. The molecule has 0 spiro atoms. The van der Waals surface area contributed by atoms with Crippen LogP contribution in [0.1, 0.15) is 39.0 Å². The van der Waals surface area contributed by atoms with Crippen LogP contribution >= 0.6 is 0 Å². The van der Waals surface area contributed by atoms with Gasteiger partial charge >= 0.3 is 5.97 Å². The summed E-state index contributed by atoms with van der Waals surface area (Å²) < 4.78 is 38.2. The lowest BCUT2D eigenvalue weighted by Gasteiger charge is -2.13. The molecule has 0 saturated carbocycles. The van der Waals surface area contributed by atoms with E-state index in [1.165, 1.54) is 26.4 Å². The first-order valence-electron chi connectivity index (χ1n) is 10.2. The Morgan fingerprint density at radius 1 is 1.09 bits per heavy atom. The summed E-state index contributed by atoms with van der Waals surface area (Å²) in [6.07, 6.45) is 0.451. The molecule has 2 aromatic carbocycles. The molecule has 180 valence electrons. The van der Waals surface area contributed by atoms with Gasteiger partial charge in [-0.1, -0.05) is 19.1 Å². The van der Waals surface area contributed by atoms with E-state index in [2.05, 4.69) is 15.0 Å². The number of H-pyrrole nitrogens is 1. The van der Waals surface area contributed by atoms with Crippen molar-refractivity contribution in [2.24, 2.45) is 0 Å².